The van der Waals surface area contributed by atoms with Gasteiger partial charge in [-0.05, 0) is 24.6 Å². The molecule has 1 heterocycles. The Labute approximate surface area is 78.2 Å². The van der Waals surface area contributed by atoms with Crippen LogP contribution in [0, 0.1) is 0 Å². The number of hydrogen-bond acceptors (Lipinski definition) is 2. The highest BCUT2D eigenvalue weighted by atomic mass is 15.4. The second-order valence-electron chi connectivity index (χ2n) is 3.16. The van der Waals surface area contributed by atoms with Gasteiger partial charge in [0.25, 0.3) is 0 Å². The molecule has 0 saturated carbocycles. The molecule has 0 aromatic heterocycles. The van der Waals surface area contributed by atoms with E-state index in [0.717, 1.165) is 11.4 Å². The largest absolute Gasteiger partial charge is 0.268 e. The average molecular weight is 172 g/mol. The van der Waals surface area contributed by atoms with Crippen LogP contribution in [0.3, 0.4) is 0 Å². The predicted octanol–water partition coefficient (Wildman–Crippen LogP) is 2.53. The molecule has 1 aliphatic rings. The van der Waals surface area contributed by atoms with E-state index in [0.29, 0.717) is 0 Å². The molecular formula is C11H12N2. The van der Waals surface area contributed by atoms with Crippen LogP contribution in [0.2, 0.25) is 0 Å². The van der Waals surface area contributed by atoms with Crippen molar-refractivity contribution < 1.29 is 0 Å². The molecule has 1 aromatic rings. The highest BCUT2D eigenvalue weighted by Gasteiger charge is 2.06. The lowest BCUT2D eigenvalue weighted by atomic mass is 10.1. The Bertz CT molecular complexity index is 377. The summed E-state index contributed by atoms with van der Waals surface area (Å²) in [6.07, 6.45) is 4.12. The number of hydrazone groups is 1. The molecule has 2 nitrogen and oxygen atoms in total. The number of nitrogens with zero attached hydrogens (tertiary/aromatic N) is 2. The number of para-hydroxylation sites is 1. The minimum absolute atomic E-state index is 1.03. The van der Waals surface area contributed by atoms with Crippen molar-refractivity contribution in [2.45, 2.75) is 6.92 Å². The van der Waals surface area contributed by atoms with Gasteiger partial charge in [-0.1, -0.05) is 24.3 Å². The van der Waals surface area contributed by atoms with E-state index in [1.165, 1.54) is 5.56 Å². The molecule has 0 fully saturated rings. The number of rotatable bonds is 0. The molecule has 0 aliphatic carbocycles. The fourth-order valence-corrected chi connectivity index (χ4v) is 1.46. The van der Waals surface area contributed by atoms with Crippen molar-refractivity contribution in [2.75, 3.05) is 12.1 Å². The molecule has 2 heteroatoms. The Balaban J connectivity index is 2.55. The molecule has 0 amide bonds. The van der Waals surface area contributed by atoms with E-state index in [4.69, 9.17) is 0 Å². The number of allylic oxidation sites excluding steroid dienone is 1. The van der Waals surface area contributed by atoms with Crippen molar-refractivity contribution in [3.63, 3.8) is 0 Å². The van der Waals surface area contributed by atoms with E-state index in [-0.39, 0.29) is 0 Å². The summed E-state index contributed by atoms with van der Waals surface area (Å²) in [5.41, 5.74) is 3.39. The average Bonchev–Trinajstić information content (AvgIpc) is 2.27. The summed E-state index contributed by atoms with van der Waals surface area (Å²) >= 11 is 0. The highest BCUT2D eigenvalue weighted by molar-refractivity contribution is 5.98. The molecule has 0 radical (unpaired) electrons. The van der Waals surface area contributed by atoms with Gasteiger partial charge >= 0.3 is 0 Å². The van der Waals surface area contributed by atoms with Gasteiger partial charge in [0.05, 0.1) is 11.4 Å². The first-order valence-electron chi connectivity index (χ1n) is 4.33. The molecule has 0 unspecified atom stereocenters. The van der Waals surface area contributed by atoms with E-state index in [1.807, 2.05) is 37.2 Å². The second-order valence-corrected chi connectivity index (χ2v) is 3.16. The van der Waals surface area contributed by atoms with E-state index >= 15 is 0 Å². The third-order valence-corrected chi connectivity index (χ3v) is 2.10. The molecule has 66 valence electrons. The van der Waals surface area contributed by atoms with Crippen molar-refractivity contribution in [3.8, 4) is 0 Å². The van der Waals surface area contributed by atoms with Gasteiger partial charge < -0.3 is 0 Å². The van der Waals surface area contributed by atoms with Gasteiger partial charge in [0, 0.05) is 7.05 Å². The Morgan fingerprint density at radius 3 is 2.77 bits per heavy atom. The lowest BCUT2D eigenvalue weighted by Gasteiger charge is -2.14. The van der Waals surface area contributed by atoms with Crippen LogP contribution in [0.1, 0.15) is 12.5 Å². The number of hydrogen-bond donors (Lipinski definition) is 0. The van der Waals surface area contributed by atoms with Crippen molar-refractivity contribution in [2.24, 2.45) is 5.10 Å². The molecule has 0 bridgehead atoms. The maximum atomic E-state index is 4.38. The minimum atomic E-state index is 1.03. The zero-order valence-electron chi connectivity index (χ0n) is 7.86. The standard InChI is InChI=1S/C11H12N2/c1-9-7-8-10-5-3-4-6-11(10)13(2)12-9/h3-8H,1-2H3. The van der Waals surface area contributed by atoms with Gasteiger partial charge in [0.2, 0.25) is 0 Å². The lowest BCUT2D eigenvalue weighted by molar-refractivity contribution is 1.02. The molecule has 0 N–H and O–H groups in total. The first-order valence-corrected chi connectivity index (χ1v) is 4.33. The van der Waals surface area contributed by atoms with E-state index in [2.05, 4.69) is 23.3 Å². The van der Waals surface area contributed by atoms with Crippen LogP contribution >= 0.6 is 0 Å². The molecule has 0 atom stereocenters. The summed E-state index contributed by atoms with van der Waals surface area (Å²) in [6.45, 7) is 2.00. The monoisotopic (exact) mass is 172 g/mol. The summed E-state index contributed by atoms with van der Waals surface area (Å²) in [4.78, 5) is 0. The van der Waals surface area contributed by atoms with Crippen molar-refractivity contribution in [1.82, 2.24) is 0 Å². The van der Waals surface area contributed by atoms with Crippen LogP contribution in [0.15, 0.2) is 35.4 Å². The van der Waals surface area contributed by atoms with Crippen LogP contribution in [0.25, 0.3) is 6.08 Å². The molecule has 1 aromatic carbocycles. The van der Waals surface area contributed by atoms with Crippen LogP contribution < -0.4 is 5.01 Å². The molecule has 0 spiro atoms. The third kappa shape index (κ3) is 1.47. The van der Waals surface area contributed by atoms with Crippen LogP contribution in [-0.2, 0) is 0 Å². The second kappa shape index (κ2) is 3.05. The zero-order chi connectivity index (χ0) is 9.26. The Hall–Kier alpha value is -1.57. The van der Waals surface area contributed by atoms with Crippen molar-refractivity contribution in [1.29, 1.82) is 0 Å². The summed E-state index contributed by atoms with van der Waals surface area (Å²) in [6, 6.07) is 8.23. The van der Waals surface area contributed by atoms with Gasteiger partial charge in [0.15, 0.2) is 0 Å². The van der Waals surface area contributed by atoms with Crippen LogP contribution in [-0.4, -0.2) is 12.8 Å². The Morgan fingerprint density at radius 1 is 1.15 bits per heavy atom. The van der Waals surface area contributed by atoms with Gasteiger partial charge in [-0.15, -0.1) is 0 Å². The third-order valence-electron chi connectivity index (χ3n) is 2.10. The molecule has 0 saturated heterocycles. The maximum absolute atomic E-state index is 4.38. The first kappa shape index (κ1) is 8.05. The molecular weight excluding hydrogens is 160 g/mol. The Morgan fingerprint density at radius 2 is 1.92 bits per heavy atom. The molecule has 2 rings (SSSR count). The van der Waals surface area contributed by atoms with Crippen LogP contribution in [0.5, 0.6) is 0 Å². The smallest absolute Gasteiger partial charge is 0.0663 e. The van der Waals surface area contributed by atoms with Gasteiger partial charge in [-0.3, -0.25) is 5.01 Å². The minimum Gasteiger partial charge on any atom is -0.268 e. The fourth-order valence-electron chi connectivity index (χ4n) is 1.46. The topological polar surface area (TPSA) is 15.6 Å². The number of benzene rings is 1. The number of fused-ring (bicyclic) bond motifs is 1. The van der Waals surface area contributed by atoms with Gasteiger partial charge in [-0.25, -0.2) is 0 Å². The zero-order valence-corrected chi connectivity index (χ0v) is 7.86. The van der Waals surface area contributed by atoms with Crippen molar-refractivity contribution >= 4 is 17.5 Å². The van der Waals surface area contributed by atoms with E-state index < -0.39 is 0 Å². The maximum Gasteiger partial charge on any atom is 0.0663 e. The molecule has 13 heavy (non-hydrogen) atoms. The van der Waals surface area contributed by atoms with Crippen molar-refractivity contribution in [3.05, 3.63) is 35.9 Å². The van der Waals surface area contributed by atoms with Gasteiger partial charge in [-0.2, -0.15) is 5.10 Å². The summed E-state index contributed by atoms with van der Waals surface area (Å²) in [5.74, 6) is 0. The van der Waals surface area contributed by atoms with E-state index in [9.17, 15) is 0 Å². The predicted molar refractivity (Wildman–Crippen MR) is 57.0 cm³/mol. The normalized spacial score (nSPS) is 14.9. The Kier molecular flexibility index (Phi) is 1.89. The fraction of sp³-hybridized carbons (Fsp3) is 0.182. The first-order chi connectivity index (χ1) is 6.27. The summed E-state index contributed by atoms with van der Waals surface area (Å²) in [7, 11) is 1.97. The van der Waals surface area contributed by atoms with Crippen LogP contribution in [0.4, 0.5) is 5.69 Å². The summed E-state index contributed by atoms with van der Waals surface area (Å²) < 4.78 is 0. The lowest BCUT2D eigenvalue weighted by Crippen LogP contribution is -2.10. The number of anilines is 1. The van der Waals surface area contributed by atoms with Gasteiger partial charge in [0.1, 0.15) is 0 Å². The SMILES string of the molecule is CC1=NN(C)c2ccccc2C=C1. The highest BCUT2D eigenvalue weighted by Crippen LogP contribution is 2.22. The summed E-state index contributed by atoms with van der Waals surface area (Å²) in [5, 5.41) is 6.29. The van der Waals surface area contributed by atoms with E-state index in [1.54, 1.807) is 0 Å². The molecule has 1 aliphatic heterocycles. The quantitative estimate of drug-likeness (QED) is 0.587.